The molecule has 0 aliphatic rings. The molecule has 8 heteroatoms. The summed E-state index contributed by atoms with van der Waals surface area (Å²) in [6.45, 7) is 1.86. The minimum absolute atomic E-state index is 0.0397. The fourth-order valence-corrected chi connectivity index (χ4v) is 4.92. The summed E-state index contributed by atoms with van der Waals surface area (Å²) in [4.78, 5) is 10.9. The van der Waals surface area contributed by atoms with Gasteiger partial charge in [-0.3, -0.25) is 0 Å². The molecule has 2 aromatic rings. The molecule has 0 radical (unpaired) electrons. The Balaban J connectivity index is 2.15. The van der Waals surface area contributed by atoms with E-state index in [2.05, 4.69) is 20.7 Å². The molecule has 0 spiro atoms. The largest absolute Gasteiger partial charge is 0.478 e. The van der Waals surface area contributed by atoms with Gasteiger partial charge in [-0.1, -0.05) is 12.1 Å². The van der Waals surface area contributed by atoms with E-state index < -0.39 is 16.0 Å². The average molecular weight is 390 g/mol. The molecule has 0 aliphatic carbocycles. The topological polar surface area (TPSA) is 83.5 Å². The molecule has 0 amide bonds. The smallest absolute Gasteiger partial charge is 0.335 e. The van der Waals surface area contributed by atoms with Gasteiger partial charge in [0.05, 0.1) is 9.35 Å². The molecule has 0 saturated heterocycles. The molecule has 112 valence electrons. The Labute approximate surface area is 134 Å². The number of carboxylic acids is 1. The van der Waals surface area contributed by atoms with Crippen molar-refractivity contribution in [2.75, 3.05) is 0 Å². The SMILES string of the molecule is Cc1cc(S(=O)(=O)NCc2cccc(C(=O)O)c2)sc1Br. The second-order valence-corrected chi connectivity index (χ2v) is 8.72. The van der Waals surface area contributed by atoms with Gasteiger partial charge in [0.2, 0.25) is 10.0 Å². The quantitative estimate of drug-likeness (QED) is 0.822. The van der Waals surface area contributed by atoms with E-state index in [9.17, 15) is 13.2 Å². The summed E-state index contributed by atoms with van der Waals surface area (Å²) in [6, 6.07) is 7.74. The number of carboxylic acid groups (broad SMARTS) is 1. The van der Waals surface area contributed by atoms with Crippen LogP contribution in [0.2, 0.25) is 0 Å². The molecule has 2 N–H and O–H groups in total. The molecule has 5 nitrogen and oxygen atoms in total. The van der Waals surface area contributed by atoms with Crippen LogP contribution in [0.4, 0.5) is 0 Å². The number of thiophene rings is 1. The number of hydrogen-bond donors (Lipinski definition) is 2. The van der Waals surface area contributed by atoms with Crippen LogP contribution in [0.5, 0.6) is 0 Å². The van der Waals surface area contributed by atoms with Crippen molar-refractivity contribution in [2.45, 2.75) is 17.7 Å². The van der Waals surface area contributed by atoms with E-state index in [4.69, 9.17) is 5.11 Å². The lowest BCUT2D eigenvalue weighted by molar-refractivity contribution is 0.0696. The summed E-state index contributed by atoms with van der Waals surface area (Å²) in [5, 5.41) is 8.91. The van der Waals surface area contributed by atoms with E-state index in [0.717, 1.165) is 20.7 Å². The van der Waals surface area contributed by atoms with Crippen LogP contribution in [0.1, 0.15) is 21.5 Å². The number of nitrogens with one attached hydrogen (secondary N) is 1. The van der Waals surface area contributed by atoms with Gasteiger partial charge in [0, 0.05) is 6.54 Å². The summed E-state index contributed by atoms with van der Waals surface area (Å²) in [5.74, 6) is -1.04. The Morgan fingerprint density at radius 1 is 1.38 bits per heavy atom. The van der Waals surface area contributed by atoms with Crippen LogP contribution in [0.15, 0.2) is 38.3 Å². The molecule has 0 saturated carbocycles. The monoisotopic (exact) mass is 389 g/mol. The highest BCUT2D eigenvalue weighted by Crippen LogP contribution is 2.30. The number of hydrogen-bond acceptors (Lipinski definition) is 4. The molecule has 2 rings (SSSR count). The number of sulfonamides is 1. The van der Waals surface area contributed by atoms with Crippen molar-refractivity contribution >= 4 is 43.3 Å². The van der Waals surface area contributed by atoms with E-state index in [-0.39, 0.29) is 16.3 Å². The molecular formula is C13H12BrNO4S2. The minimum Gasteiger partial charge on any atom is -0.478 e. The van der Waals surface area contributed by atoms with Crippen LogP contribution >= 0.6 is 27.3 Å². The molecule has 0 unspecified atom stereocenters. The summed E-state index contributed by atoms with van der Waals surface area (Å²) < 4.78 is 27.8. The third-order valence-electron chi connectivity index (χ3n) is 2.74. The number of carbonyl (C=O) groups is 1. The highest BCUT2D eigenvalue weighted by atomic mass is 79.9. The van der Waals surface area contributed by atoms with Crippen molar-refractivity contribution in [3.05, 3.63) is 50.8 Å². The summed E-state index contributed by atoms with van der Waals surface area (Å²) in [5.41, 5.74) is 1.57. The lowest BCUT2D eigenvalue weighted by Gasteiger charge is -2.05. The van der Waals surface area contributed by atoms with Crippen LogP contribution in [0.25, 0.3) is 0 Å². The van der Waals surface area contributed by atoms with Crippen LogP contribution in [-0.4, -0.2) is 19.5 Å². The maximum atomic E-state index is 12.2. The van der Waals surface area contributed by atoms with Gasteiger partial charge in [-0.25, -0.2) is 17.9 Å². The van der Waals surface area contributed by atoms with E-state index in [1.54, 1.807) is 18.2 Å². The molecule has 0 aliphatic heterocycles. The standard InChI is InChI=1S/C13H12BrNO4S2/c1-8-5-11(20-12(8)14)21(18,19)15-7-9-3-2-4-10(6-9)13(16)17/h2-6,15H,7H2,1H3,(H,16,17). The summed E-state index contributed by atoms with van der Waals surface area (Å²) in [6.07, 6.45) is 0. The van der Waals surface area contributed by atoms with Crippen LogP contribution in [-0.2, 0) is 16.6 Å². The zero-order valence-corrected chi connectivity index (χ0v) is 14.2. The molecule has 1 aromatic heterocycles. The Morgan fingerprint density at radius 2 is 2.10 bits per heavy atom. The lowest BCUT2D eigenvalue weighted by atomic mass is 10.1. The molecule has 0 atom stereocenters. The third-order valence-corrected chi connectivity index (χ3v) is 6.75. The highest BCUT2D eigenvalue weighted by molar-refractivity contribution is 9.11. The fourth-order valence-electron chi connectivity index (χ4n) is 1.63. The number of aryl methyl sites for hydroxylation is 1. The normalized spacial score (nSPS) is 11.5. The third kappa shape index (κ3) is 3.91. The predicted molar refractivity (Wildman–Crippen MR) is 84.2 cm³/mol. The maximum absolute atomic E-state index is 12.2. The van der Waals surface area contributed by atoms with E-state index in [1.807, 2.05) is 6.92 Å². The molecule has 1 aromatic carbocycles. The molecule has 21 heavy (non-hydrogen) atoms. The minimum atomic E-state index is -3.60. The van der Waals surface area contributed by atoms with Crippen molar-refractivity contribution in [3.63, 3.8) is 0 Å². The molecule has 0 bridgehead atoms. The Morgan fingerprint density at radius 3 is 2.67 bits per heavy atom. The van der Waals surface area contributed by atoms with Crippen LogP contribution in [0.3, 0.4) is 0 Å². The van der Waals surface area contributed by atoms with Crippen molar-refractivity contribution in [3.8, 4) is 0 Å². The van der Waals surface area contributed by atoms with Crippen molar-refractivity contribution in [1.29, 1.82) is 0 Å². The second kappa shape index (κ2) is 6.27. The number of halogens is 1. The van der Waals surface area contributed by atoms with Gasteiger partial charge in [0.25, 0.3) is 0 Å². The first-order valence-corrected chi connectivity index (χ1v) is 8.97. The van der Waals surface area contributed by atoms with Gasteiger partial charge in [-0.15, -0.1) is 11.3 Å². The average Bonchev–Trinajstić information content (AvgIpc) is 2.78. The molecule has 0 fully saturated rings. The maximum Gasteiger partial charge on any atom is 0.335 e. The molecular weight excluding hydrogens is 378 g/mol. The predicted octanol–water partition coefficient (Wildman–Crippen LogP) is 3.00. The number of benzene rings is 1. The van der Waals surface area contributed by atoms with Gasteiger partial charge in [-0.2, -0.15) is 0 Å². The number of aromatic carboxylic acids is 1. The van der Waals surface area contributed by atoms with E-state index in [1.165, 1.54) is 12.1 Å². The molecule has 1 heterocycles. The Kier molecular flexibility index (Phi) is 4.82. The number of rotatable bonds is 5. The van der Waals surface area contributed by atoms with Crippen molar-refractivity contribution < 1.29 is 18.3 Å². The Bertz CT molecular complexity index is 764. The first-order valence-electron chi connectivity index (χ1n) is 5.87. The fraction of sp³-hybridized carbons (Fsp3) is 0.154. The van der Waals surface area contributed by atoms with Gasteiger partial charge in [-0.05, 0) is 52.2 Å². The zero-order chi connectivity index (χ0) is 15.6. The first kappa shape index (κ1) is 16.2. The van der Waals surface area contributed by atoms with Crippen LogP contribution in [0, 0.1) is 6.92 Å². The first-order chi connectivity index (χ1) is 9.79. The highest BCUT2D eigenvalue weighted by Gasteiger charge is 2.18. The van der Waals surface area contributed by atoms with E-state index in [0.29, 0.717) is 5.56 Å². The van der Waals surface area contributed by atoms with Gasteiger partial charge in [0.1, 0.15) is 4.21 Å². The lowest BCUT2D eigenvalue weighted by Crippen LogP contribution is -2.22. The van der Waals surface area contributed by atoms with Crippen molar-refractivity contribution in [2.24, 2.45) is 0 Å². The van der Waals surface area contributed by atoms with Crippen LogP contribution < -0.4 is 4.72 Å². The summed E-state index contributed by atoms with van der Waals surface area (Å²) >= 11 is 4.43. The van der Waals surface area contributed by atoms with Crippen molar-refractivity contribution in [1.82, 2.24) is 4.72 Å². The summed E-state index contributed by atoms with van der Waals surface area (Å²) in [7, 11) is -3.60. The van der Waals surface area contributed by atoms with E-state index >= 15 is 0 Å². The Hall–Kier alpha value is -1.22. The second-order valence-electron chi connectivity index (χ2n) is 4.35. The van der Waals surface area contributed by atoms with Gasteiger partial charge < -0.3 is 5.11 Å². The zero-order valence-electron chi connectivity index (χ0n) is 11.0. The van der Waals surface area contributed by atoms with Gasteiger partial charge in [0.15, 0.2) is 0 Å². The van der Waals surface area contributed by atoms with Gasteiger partial charge >= 0.3 is 5.97 Å².